The summed E-state index contributed by atoms with van der Waals surface area (Å²) in [5.74, 6) is -2.86. The average molecular weight is 596 g/mol. The summed E-state index contributed by atoms with van der Waals surface area (Å²) >= 11 is 0. The Balaban J connectivity index is 3.37. The van der Waals surface area contributed by atoms with Gasteiger partial charge < -0.3 is 34.5 Å². The molecule has 0 bridgehead atoms. The summed E-state index contributed by atoms with van der Waals surface area (Å²) in [7, 11) is 0. The molecule has 1 aromatic carbocycles. The molecule has 0 heterocycles. The molecule has 0 aliphatic carbocycles. The summed E-state index contributed by atoms with van der Waals surface area (Å²) < 4.78 is 26.6. The van der Waals surface area contributed by atoms with Crippen LogP contribution in [0.25, 0.3) is 0 Å². The first-order chi connectivity index (χ1) is 19.4. The maximum Gasteiger partial charge on any atom is 0.513 e. The molecule has 0 aliphatic heterocycles. The number of hydrogen-bond acceptors (Lipinski definition) is 10. The summed E-state index contributed by atoms with van der Waals surface area (Å²) in [6.07, 6.45) is -1.30. The number of rotatable bonds is 15. The Kier molecular flexibility index (Phi) is 14.8. The van der Waals surface area contributed by atoms with E-state index in [4.69, 9.17) is 29.4 Å². The normalized spacial score (nSPS) is 14.5. The van der Waals surface area contributed by atoms with E-state index in [1.165, 1.54) is 18.2 Å². The lowest BCUT2D eigenvalue weighted by Crippen LogP contribution is -2.42. The molecule has 238 valence electrons. The van der Waals surface area contributed by atoms with Gasteiger partial charge in [-0.05, 0) is 54.7 Å². The van der Waals surface area contributed by atoms with Gasteiger partial charge in [0.1, 0.15) is 12.1 Å². The van der Waals surface area contributed by atoms with E-state index in [-0.39, 0.29) is 36.5 Å². The molecule has 3 unspecified atom stereocenters. The second kappa shape index (κ2) is 16.9. The van der Waals surface area contributed by atoms with Crippen molar-refractivity contribution in [3.05, 3.63) is 23.8 Å². The van der Waals surface area contributed by atoms with Crippen LogP contribution in [-0.2, 0) is 23.8 Å². The fourth-order valence-corrected chi connectivity index (χ4v) is 3.96. The average Bonchev–Trinajstić information content (AvgIpc) is 2.83. The first kappa shape index (κ1) is 36.7. The standard InChI is InChI=1S/C31H49NO10/c1-18(2)12-14-38-29(36)41-23-11-10-22(16-24(23)42-30(37)39-15-13-19(3)4)26(27(32)28(34)35)20(5)21(6)40-25(33)17-31(7,8)9/h10-11,16,18-21,26-27H,12-15,17,32H2,1-9H3,(H,34,35)/t20?,21?,26?,27-/m0/s1. The minimum atomic E-state index is -1.40. The van der Waals surface area contributed by atoms with Crippen LogP contribution in [0.3, 0.4) is 0 Å². The van der Waals surface area contributed by atoms with E-state index in [1.54, 1.807) is 13.8 Å². The molecule has 3 N–H and O–H groups in total. The van der Waals surface area contributed by atoms with Crippen LogP contribution in [0.5, 0.6) is 11.5 Å². The summed E-state index contributed by atoms with van der Waals surface area (Å²) in [4.78, 5) is 49.3. The molecule has 0 amide bonds. The third-order valence-electron chi connectivity index (χ3n) is 6.54. The van der Waals surface area contributed by atoms with Crippen LogP contribution in [0, 0.1) is 23.2 Å². The highest BCUT2D eigenvalue weighted by molar-refractivity contribution is 5.75. The summed E-state index contributed by atoms with van der Waals surface area (Å²) in [5, 5.41) is 9.81. The molecule has 0 saturated heterocycles. The van der Waals surface area contributed by atoms with E-state index >= 15 is 0 Å². The minimum Gasteiger partial charge on any atom is -0.480 e. The molecule has 0 aromatic heterocycles. The van der Waals surface area contributed by atoms with Gasteiger partial charge in [0.2, 0.25) is 0 Å². The van der Waals surface area contributed by atoms with Crippen molar-refractivity contribution in [2.45, 2.75) is 99.6 Å². The lowest BCUT2D eigenvalue weighted by molar-refractivity contribution is -0.153. The van der Waals surface area contributed by atoms with Crippen molar-refractivity contribution in [1.29, 1.82) is 0 Å². The number of aliphatic carboxylic acids is 1. The maximum atomic E-state index is 12.5. The Morgan fingerprint density at radius 1 is 0.833 bits per heavy atom. The Hall–Kier alpha value is -3.34. The summed E-state index contributed by atoms with van der Waals surface area (Å²) in [5.41, 5.74) is 6.20. The van der Waals surface area contributed by atoms with Gasteiger partial charge in [0.05, 0.1) is 19.6 Å². The molecule has 0 aliphatic rings. The molecule has 0 saturated carbocycles. The molecule has 4 atom stereocenters. The number of carboxylic acids is 1. The lowest BCUT2D eigenvalue weighted by atomic mass is 9.79. The van der Waals surface area contributed by atoms with Gasteiger partial charge in [-0.25, -0.2) is 9.59 Å². The van der Waals surface area contributed by atoms with Crippen LogP contribution in [0.15, 0.2) is 18.2 Å². The number of benzene rings is 1. The summed E-state index contributed by atoms with van der Waals surface area (Å²) in [6, 6.07) is 2.85. The van der Waals surface area contributed by atoms with E-state index < -0.39 is 48.2 Å². The number of carboxylic acid groups (broad SMARTS) is 1. The second-order valence-corrected chi connectivity index (χ2v) is 12.7. The molecule has 42 heavy (non-hydrogen) atoms. The van der Waals surface area contributed by atoms with Crippen LogP contribution < -0.4 is 15.2 Å². The van der Waals surface area contributed by atoms with Crippen molar-refractivity contribution in [3.8, 4) is 11.5 Å². The highest BCUT2D eigenvalue weighted by Crippen LogP contribution is 2.37. The van der Waals surface area contributed by atoms with Crippen LogP contribution in [-0.4, -0.2) is 54.7 Å². The molecular weight excluding hydrogens is 546 g/mol. The third-order valence-corrected chi connectivity index (χ3v) is 6.54. The number of esters is 1. The molecule has 11 nitrogen and oxygen atoms in total. The molecule has 11 heteroatoms. The van der Waals surface area contributed by atoms with Crippen molar-refractivity contribution in [2.24, 2.45) is 28.9 Å². The van der Waals surface area contributed by atoms with Gasteiger partial charge in [-0.3, -0.25) is 9.59 Å². The monoisotopic (exact) mass is 595 g/mol. The first-order valence-corrected chi connectivity index (χ1v) is 14.4. The van der Waals surface area contributed by atoms with Crippen molar-refractivity contribution < 1.29 is 48.0 Å². The van der Waals surface area contributed by atoms with E-state index in [0.717, 1.165) is 0 Å². The fourth-order valence-electron chi connectivity index (χ4n) is 3.96. The van der Waals surface area contributed by atoms with Crippen LogP contribution in [0.2, 0.25) is 0 Å². The fraction of sp³-hybridized carbons (Fsp3) is 0.677. The Labute approximate surface area is 249 Å². The zero-order chi connectivity index (χ0) is 32.2. The number of carbonyl (C=O) groups excluding carboxylic acids is 3. The van der Waals surface area contributed by atoms with Gasteiger partial charge >= 0.3 is 24.2 Å². The molecular formula is C31H49NO10. The number of nitrogens with two attached hydrogens (primary N) is 1. The smallest absolute Gasteiger partial charge is 0.480 e. The van der Waals surface area contributed by atoms with E-state index in [2.05, 4.69) is 0 Å². The summed E-state index contributed by atoms with van der Waals surface area (Å²) in [6.45, 7) is 17.3. The van der Waals surface area contributed by atoms with Crippen molar-refractivity contribution in [1.82, 2.24) is 0 Å². The predicted molar refractivity (Wildman–Crippen MR) is 156 cm³/mol. The predicted octanol–water partition coefficient (Wildman–Crippen LogP) is 6.31. The molecule has 0 radical (unpaired) electrons. The third kappa shape index (κ3) is 13.5. The lowest BCUT2D eigenvalue weighted by Gasteiger charge is -2.32. The van der Waals surface area contributed by atoms with Gasteiger partial charge in [-0.1, -0.05) is 61.5 Å². The van der Waals surface area contributed by atoms with Gasteiger partial charge in [0.25, 0.3) is 0 Å². The highest BCUT2D eigenvalue weighted by atomic mass is 16.7. The molecule has 0 fully saturated rings. The van der Waals surface area contributed by atoms with E-state index in [1.807, 2.05) is 48.5 Å². The van der Waals surface area contributed by atoms with Crippen LogP contribution >= 0.6 is 0 Å². The molecule has 0 spiro atoms. The van der Waals surface area contributed by atoms with E-state index in [0.29, 0.717) is 30.2 Å². The first-order valence-electron chi connectivity index (χ1n) is 14.4. The van der Waals surface area contributed by atoms with Crippen LogP contribution in [0.4, 0.5) is 9.59 Å². The Morgan fingerprint density at radius 3 is 1.79 bits per heavy atom. The zero-order valence-corrected chi connectivity index (χ0v) is 26.4. The number of ether oxygens (including phenoxy) is 5. The minimum absolute atomic E-state index is 0.116. The Morgan fingerprint density at radius 2 is 1.33 bits per heavy atom. The highest BCUT2D eigenvalue weighted by Gasteiger charge is 2.36. The molecule has 1 rings (SSSR count). The number of hydrogen-bond donors (Lipinski definition) is 2. The molecule has 1 aromatic rings. The van der Waals surface area contributed by atoms with Crippen molar-refractivity contribution in [3.63, 3.8) is 0 Å². The van der Waals surface area contributed by atoms with Gasteiger partial charge in [-0.2, -0.15) is 0 Å². The second-order valence-electron chi connectivity index (χ2n) is 12.7. The van der Waals surface area contributed by atoms with Gasteiger partial charge in [0, 0.05) is 11.8 Å². The Bertz CT molecular complexity index is 1050. The van der Waals surface area contributed by atoms with Crippen molar-refractivity contribution in [2.75, 3.05) is 13.2 Å². The maximum absolute atomic E-state index is 12.5. The number of carbonyl (C=O) groups is 4. The topological polar surface area (TPSA) is 161 Å². The SMILES string of the molecule is CC(C)CCOC(=O)Oc1ccc(C(C(C)C(C)OC(=O)CC(C)(C)C)[C@H](N)C(=O)O)cc1OC(=O)OCCC(C)C. The zero-order valence-electron chi connectivity index (χ0n) is 26.4. The largest absolute Gasteiger partial charge is 0.513 e. The quantitative estimate of drug-likeness (QED) is 0.133. The van der Waals surface area contributed by atoms with Crippen molar-refractivity contribution >= 4 is 24.2 Å². The van der Waals surface area contributed by atoms with Crippen LogP contribution in [0.1, 0.15) is 93.1 Å². The van der Waals surface area contributed by atoms with Gasteiger partial charge in [-0.15, -0.1) is 0 Å². The van der Waals surface area contributed by atoms with E-state index in [9.17, 15) is 24.3 Å². The van der Waals surface area contributed by atoms with Gasteiger partial charge in [0.15, 0.2) is 11.5 Å².